The van der Waals surface area contributed by atoms with Crippen LogP contribution in [-0.2, 0) is 0 Å². The molecule has 1 N–H and O–H groups in total. The fraction of sp³-hybridized carbons (Fsp3) is 0.300. The van der Waals surface area contributed by atoms with Gasteiger partial charge in [-0.05, 0) is 6.92 Å². The Morgan fingerprint density at radius 3 is 2.94 bits per heavy atom. The molecule has 1 heterocycles. The van der Waals surface area contributed by atoms with Gasteiger partial charge in [0, 0.05) is 12.5 Å². The zero-order valence-corrected chi connectivity index (χ0v) is 9.28. The Bertz CT molecular complexity index is 477. The fourth-order valence-corrected chi connectivity index (χ4v) is 1.28. The maximum absolute atomic E-state index is 10.6. The number of aliphatic hydroxyl groups is 1. The summed E-state index contributed by atoms with van der Waals surface area (Å²) in [5, 5.41) is 19.3. The zero-order valence-electron chi connectivity index (χ0n) is 8.53. The van der Waals surface area contributed by atoms with Crippen molar-refractivity contribution in [2.45, 2.75) is 13.3 Å². The molecule has 0 aromatic carbocycles. The average Bonchev–Trinajstić information content (AvgIpc) is 2.21. The highest BCUT2D eigenvalue weighted by atomic mass is 35.5. The number of rotatable bonds is 2. The van der Waals surface area contributed by atoms with E-state index in [9.17, 15) is 10.1 Å². The number of aromatic nitrogens is 1. The lowest BCUT2D eigenvalue weighted by Gasteiger charge is -1.99. The summed E-state index contributed by atoms with van der Waals surface area (Å²) >= 11 is 5.79. The molecular formula is C10H9ClN2O3. The number of hydrogen-bond acceptors (Lipinski definition) is 4. The minimum Gasteiger partial charge on any atom is -0.395 e. The maximum Gasteiger partial charge on any atom is 0.291 e. The second-order valence-electron chi connectivity index (χ2n) is 2.96. The van der Waals surface area contributed by atoms with Gasteiger partial charge in [-0.3, -0.25) is 10.1 Å². The molecule has 0 saturated carbocycles. The molecule has 0 aliphatic heterocycles. The van der Waals surface area contributed by atoms with E-state index in [-0.39, 0.29) is 29.6 Å². The van der Waals surface area contributed by atoms with Crippen LogP contribution in [0.15, 0.2) is 6.07 Å². The van der Waals surface area contributed by atoms with Crippen molar-refractivity contribution in [2.75, 3.05) is 6.61 Å². The second kappa shape index (κ2) is 5.45. The van der Waals surface area contributed by atoms with Crippen LogP contribution >= 0.6 is 11.6 Å². The van der Waals surface area contributed by atoms with E-state index in [2.05, 4.69) is 16.8 Å². The molecule has 0 bridgehead atoms. The molecule has 0 aliphatic rings. The van der Waals surface area contributed by atoms with Gasteiger partial charge in [0.1, 0.15) is 10.8 Å². The van der Waals surface area contributed by atoms with E-state index in [0.717, 1.165) is 0 Å². The van der Waals surface area contributed by atoms with Gasteiger partial charge >= 0.3 is 0 Å². The molecule has 0 spiro atoms. The maximum atomic E-state index is 10.6. The van der Waals surface area contributed by atoms with E-state index >= 15 is 0 Å². The summed E-state index contributed by atoms with van der Waals surface area (Å²) < 4.78 is 0. The average molecular weight is 241 g/mol. The van der Waals surface area contributed by atoms with Crippen molar-refractivity contribution in [3.05, 3.63) is 32.6 Å². The molecule has 0 unspecified atom stereocenters. The minimum atomic E-state index is -0.532. The number of nitrogens with zero attached hydrogens (tertiary/aromatic N) is 2. The molecule has 0 fully saturated rings. The Morgan fingerprint density at radius 1 is 1.69 bits per heavy atom. The first-order valence-corrected chi connectivity index (χ1v) is 4.85. The second-order valence-corrected chi connectivity index (χ2v) is 3.32. The topological polar surface area (TPSA) is 76.3 Å². The highest BCUT2D eigenvalue weighted by Gasteiger charge is 2.14. The van der Waals surface area contributed by atoms with Gasteiger partial charge in [0.25, 0.3) is 5.69 Å². The van der Waals surface area contributed by atoms with Gasteiger partial charge in [0.05, 0.1) is 17.1 Å². The first-order chi connectivity index (χ1) is 7.56. The van der Waals surface area contributed by atoms with E-state index in [1.165, 1.54) is 13.0 Å². The lowest BCUT2D eigenvalue weighted by molar-refractivity contribution is -0.385. The predicted molar refractivity (Wildman–Crippen MR) is 59.2 cm³/mol. The summed E-state index contributed by atoms with van der Waals surface area (Å²) in [4.78, 5) is 13.9. The Kier molecular flexibility index (Phi) is 4.23. The monoisotopic (exact) mass is 240 g/mol. The third-order valence-electron chi connectivity index (χ3n) is 1.80. The number of nitro groups is 1. The predicted octanol–water partition coefficient (Wildman–Crippen LogP) is 1.69. The molecule has 6 heteroatoms. The lowest BCUT2D eigenvalue weighted by atomic mass is 10.2. The first-order valence-electron chi connectivity index (χ1n) is 4.47. The Hall–Kier alpha value is -1.64. The van der Waals surface area contributed by atoms with Crippen molar-refractivity contribution >= 4 is 17.3 Å². The number of halogens is 1. The normalized spacial score (nSPS) is 9.44. The SMILES string of the molecule is Cc1nc(Cl)c(C#CCCO)cc1[N+](=O)[O-]. The Balaban J connectivity index is 3.16. The molecule has 0 aliphatic carbocycles. The summed E-state index contributed by atoms with van der Waals surface area (Å²) in [7, 11) is 0. The molecule has 1 rings (SSSR count). The van der Waals surface area contributed by atoms with Gasteiger partial charge in [-0.25, -0.2) is 4.98 Å². The molecule has 16 heavy (non-hydrogen) atoms. The van der Waals surface area contributed by atoms with Gasteiger partial charge in [-0.2, -0.15) is 0 Å². The van der Waals surface area contributed by atoms with Crippen molar-refractivity contribution in [2.24, 2.45) is 0 Å². The Morgan fingerprint density at radius 2 is 2.38 bits per heavy atom. The highest BCUT2D eigenvalue weighted by molar-refractivity contribution is 6.30. The molecule has 0 amide bonds. The molecule has 84 valence electrons. The molecule has 1 aromatic heterocycles. The summed E-state index contributed by atoms with van der Waals surface area (Å²) in [5.74, 6) is 5.26. The van der Waals surface area contributed by atoms with Crippen LogP contribution in [0.3, 0.4) is 0 Å². The molecule has 5 nitrogen and oxygen atoms in total. The summed E-state index contributed by atoms with van der Waals surface area (Å²) in [6.07, 6.45) is 0.290. The standard InChI is InChI=1S/C10H9ClN2O3/c1-7-9(13(15)16)6-8(10(11)12-7)4-2-3-5-14/h6,14H,3,5H2,1H3. The van der Waals surface area contributed by atoms with Crippen LogP contribution in [0.5, 0.6) is 0 Å². The van der Waals surface area contributed by atoms with Crippen LogP contribution in [0.2, 0.25) is 5.15 Å². The number of aryl methyl sites for hydroxylation is 1. The van der Waals surface area contributed by atoms with Crippen molar-refractivity contribution in [3.8, 4) is 11.8 Å². The van der Waals surface area contributed by atoms with Crippen molar-refractivity contribution < 1.29 is 10.0 Å². The van der Waals surface area contributed by atoms with E-state index in [1.54, 1.807) is 0 Å². The van der Waals surface area contributed by atoms with Crippen LogP contribution < -0.4 is 0 Å². The van der Waals surface area contributed by atoms with Gasteiger partial charge in [-0.15, -0.1) is 0 Å². The van der Waals surface area contributed by atoms with Crippen LogP contribution in [0.1, 0.15) is 17.7 Å². The summed E-state index contributed by atoms with van der Waals surface area (Å²) in [6, 6.07) is 1.29. The largest absolute Gasteiger partial charge is 0.395 e. The van der Waals surface area contributed by atoms with E-state index in [1.807, 2.05) is 0 Å². The molecule has 0 radical (unpaired) electrons. The van der Waals surface area contributed by atoms with Crippen molar-refractivity contribution in [3.63, 3.8) is 0 Å². The van der Waals surface area contributed by atoms with Gasteiger partial charge in [0.2, 0.25) is 0 Å². The zero-order chi connectivity index (χ0) is 12.1. The van der Waals surface area contributed by atoms with E-state index in [4.69, 9.17) is 16.7 Å². The third kappa shape index (κ3) is 2.92. The third-order valence-corrected chi connectivity index (χ3v) is 2.08. The summed E-state index contributed by atoms with van der Waals surface area (Å²) in [5.41, 5.74) is 0.438. The number of pyridine rings is 1. The van der Waals surface area contributed by atoms with Gasteiger partial charge in [0.15, 0.2) is 0 Å². The molecule has 0 saturated heterocycles. The minimum absolute atomic E-state index is 0.0635. The summed E-state index contributed by atoms with van der Waals surface area (Å²) in [6.45, 7) is 1.45. The van der Waals surface area contributed by atoms with Crippen LogP contribution in [0.25, 0.3) is 0 Å². The highest BCUT2D eigenvalue weighted by Crippen LogP contribution is 2.22. The lowest BCUT2D eigenvalue weighted by Crippen LogP contribution is -1.96. The van der Waals surface area contributed by atoms with Crippen LogP contribution in [0, 0.1) is 28.9 Å². The van der Waals surface area contributed by atoms with E-state index < -0.39 is 4.92 Å². The molecule has 0 atom stereocenters. The number of aliphatic hydroxyl groups excluding tert-OH is 1. The first kappa shape index (κ1) is 12.4. The fourth-order valence-electron chi connectivity index (χ4n) is 1.05. The van der Waals surface area contributed by atoms with E-state index in [0.29, 0.717) is 5.56 Å². The van der Waals surface area contributed by atoms with Gasteiger partial charge < -0.3 is 5.11 Å². The van der Waals surface area contributed by atoms with Gasteiger partial charge in [-0.1, -0.05) is 23.4 Å². The smallest absolute Gasteiger partial charge is 0.291 e. The quantitative estimate of drug-likeness (QED) is 0.369. The van der Waals surface area contributed by atoms with Crippen molar-refractivity contribution in [1.82, 2.24) is 4.98 Å². The van der Waals surface area contributed by atoms with Crippen LogP contribution in [-0.4, -0.2) is 21.6 Å². The molecule has 1 aromatic rings. The Labute approximate surface area is 97.2 Å². The molecular weight excluding hydrogens is 232 g/mol. The van der Waals surface area contributed by atoms with Crippen molar-refractivity contribution in [1.29, 1.82) is 0 Å². The number of hydrogen-bond donors (Lipinski definition) is 1. The van der Waals surface area contributed by atoms with Crippen LogP contribution in [0.4, 0.5) is 5.69 Å².